The van der Waals surface area contributed by atoms with E-state index in [1.165, 1.54) is 196 Å². The molecule has 506 valence electrons. The van der Waals surface area contributed by atoms with Crippen molar-refractivity contribution in [2.75, 3.05) is 11.4 Å². The summed E-state index contributed by atoms with van der Waals surface area (Å²) in [7, 11) is 0. The molecule has 2 atom stereocenters. The van der Waals surface area contributed by atoms with E-state index in [0.29, 0.717) is 6.54 Å². The Morgan fingerprint density at radius 2 is 0.861 bits per heavy atom. The predicted molar refractivity (Wildman–Crippen MR) is 455 cm³/mol. The van der Waals surface area contributed by atoms with Gasteiger partial charge in [0.1, 0.15) is 0 Å². The lowest BCUT2D eigenvalue weighted by molar-refractivity contribution is 0.706. The molecular weight excluding hydrogens is 1340 g/mol. The molecule has 0 fully saturated rings. The lowest BCUT2D eigenvalue weighted by atomic mass is 9.65. The van der Waals surface area contributed by atoms with Crippen molar-refractivity contribution in [1.82, 2.24) is 4.57 Å². The highest BCUT2D eigenvalue weighted by Gasteiger charge is 2.53. The van der Waals surface area contributed by atoms with Gasteiger partial charge in [0.05, 0.1) is 27.6 Å². The van der Waals surface area contributed by atoms with Crippen molar-refractivity contribution < 1.29 is 0 Å². The van der Waals surface area contributed by atoms with E-state index in [-0.39, 0.29) is 5.92 Å². The van der Waals surface area contributed by atoms with Gasteiger partial charge in [0.2, 0.25) is 0 Å². The van der Waals surface area contributed by atoms with E-state index in [1.54, 1.807) is 0 Å². The molecule has 108 heavy (non-hydrogen) atoms. The van der Waals surface area contributed by atoms with Gasteiger partial charge >= 0.3 is 0 Å². The molecule has 2 unspecified atom stereocenters. The summed E-state index contributed by atoms with van der Waals surface area (Å²) in [4.78, 5) is 7.98. The Hall–Kier alpha value is -12.4. The van der Waals surface area contributed by atoms with Gasteiger partial charge in [0, 0.05) is 65.0 Å². The number of aromatic nitrogens is 1. The van der Waals surface area contributed by atoms with Gasteiger partial charge in [0.15, 0.2) is 0 Å². The number of anilines is 2. The van der Waals surface area contributed by atoms with Crippen LogP contribution in [0.4, 0.5) is 11.4 Å². The zero-order valence-corrected chi connectivity index (χ0v) is 61.0. The zero-order chi connectivity index (χ0) is 70.9. The van der Waals surface area contributed by atoms with Gasteiger partial charge < -0.3 is 9.47 Å². The van der Waals surface area contributed by atoms with E-state index in [2.05, 4.69) is 380 Å². The summed E-state index contributed by atoms with van der Waals surface area (Å²) in [5, 5.41) is 12.5. The van der Waals surface area contributed by atoms with Crippen LogP contribution in [0.15, 0.2) is 389 Å². The third-order valence-electron chi connectivity index (χ3n) is 24.7. The average molecular weight is 1410 g/mol. The zero-order valence-electron chi connectivity index (χ0n) is 59.3. The van der Waals surface area contributed by atoms with Crippen LogP contribution >= 0.6 is 23.5 Å². The highest BCUT2D eigenvalue weighted by Crippen LogP contribution is 2.67. The van der Waals surface area contributed by atoms with Crippen LogP contribution in [0.3, 0.4) is 0 Å². The number of rotatable bonds is 6. The number of allylic oxidation sites excluding steroid dienone is 3. The Labute approximate surface area is 636 Å². The van der Waals surface area contributed by atoms with Gasteiger partial charge in [-0.25, -0.2) is 0 Å². The van der Waals surface area contributed by atoms with Gasteiger partial charge in [0.25, 0.3) is 0 Å². The highest BCUT2D eigenvalue weighted by molar-refractivity contribution is 8.03. The summed E-state index contributed by atoms with van der Waals surface area (Å²) in [6.45, 7) is 3.08. The predicted octanol–water partition coefficient (Wildman–Crippen LogP) is 27.8. The normalized spacial score (nSPS) is 16.5. The second kappa shape index (κ2) is 23.8. The molecule has 2 spiro atoms. The quantitative estimate of drug-likeness (QED) is 0.164. The second-order valence-electron chi connectivity index (χ2n) is 29.8. The summed E-state index contributed by atoms with van der Waals surface area (Å²) in [5.41, 5.74) is 29.4. The molecule has 18 aromatic rings. The fourth-order valence-corrected chi connectivity index (χ4v) is 22.9. The van der Waals surface area contributed by atoms with E-state index in [4.69, 9.17) is 0 Å². The highest BCUT2D eigenvalue weighted by atomic mass is 32.2. The Bertz CT molecular complexity index is 6920. The number of hydrogen-bond donors (Lipinski definition) is 0. The molecular formula is C104H68N2S2. The Morgan fingerprint density at radius 3 is 1.61 bits per heavy atom. The van der Waals surface area contributed by atoms with Crippen molar-refractivity contribution in [3.63, 3.8) is 0 Å². The minimum absolute atomic E-state index is 0.0517. The van der Waals surface area contributed by atoms with E-state index >= 15 is 0 Å². The van der Waals surface area contributed by atoms with Crippen LogP contribution in [0.25, 0.3) is 126 Å². The van der Waals surface area contributed by atoms with Crippen molar-refractivity contribution in [2.45, 2.75) is 44.8 Å². The Kier molecular flexibility index (Phi) is 13.6. The Balaban J connectivity index is 0.715. The molecule has 3 aliphatic heterocycles. The van der Waals surface area contributed by atoms with Crippen molar-refractivity contribution in [3.8, 4) is 61.3 Å². The van der Waals surface area contributed by atoms with Gasteiger partial charge in [-0.2, -0.15) is 0 Å². The summed E-state index contributed by atoms with van der Waals surface area (Å²) in [6.07, 6.45) is 5.95. The fourth-order valence-electron chi connectivity index (χ4n) is 20.1. The van der Waals surface area contributed by atoms with Crippen LogP contribution in [-0.2, 0) is 10.8 Å². The van der Waals surface area contributed by atoms with E-state index in [0.717, 1.165) is 17.8 Å². The lowest BCUT2D eigenvalue weighted by Crippen LogP contribution is -2.33. The maximum Gasteiger partial charge on any atom is 0.0735 e. The van der Waals surface area contributed by atoms with Gasteiger partial charge in [-0.1, -0.05) is 340 Å². The molecule has 17 aromatic carbocycles. The van der Waals surface area contributed by atoms with Crippen LogP contribution in [-0.4, -0.2) is 11.1 Å². The SMILES string of the molecule is CCC1C2=C(/C=C\CN(c3ccc(-c4cccc5ccccc45)cc3)c3c1ccc1c(-c4ccc5c(c4)-c4ccccc4C54c5ccccc5Sc5c4ccc4c5c5ccc6ccccc6c5n4-c4ccc(-c5ccc6ccccc6c5)cc4)cccc31)C1(c3ccccc3S2)c2ccccc2-c2ccccc21. The molecule has 0 bridgehead atoms. The summed E-state index contributed by atoms with van der Waals surface area (Å²) in [5.74, 6) is 0.0517. The molecule has 0 N–H and O–H groups in total. The van der Waals surface area contributed by atoms with Crippen molar-refractivity contribution >= 4 is 99.8 Å². The largest absolute Gasteiger partial charge is 0.337 e. The molecule has 23 rings (SSSR count). The maximum atomic E-state index is 2.64. The average Bonchev–Trinajstić information content (AvgIpc) is 1.50. The first-order valence-corrected chi connectivity index (χ1v) is 39.6. The number of nitrogens with zero attached hydrogens (tertiary/aromatic N) is 2. The van der Waals surface area contributed by atoms with Crippen molar-refractivity contribution in [2.24, 2.45) is 0 Å². The van der Waals surface area contributed by atoms with E-state index in [1.807, 2.05) is 23.5 Å². The summed E-state index contributed by atoms with van der Waals surface area (Å²) >= 11 is 3.94. The fraction of sp³-hybridized carbons (Fsp3) is 0.0577. The van der Waals surface area contributed by atoms with E-state index in [9.17, 15) is 0 Å². The molecule has 2 nitrogen and oxygen atoms in total. The molecule has 4 heteroatoms. The van der Waals surface area contributed by atoms with E-state index < -0.39 is 10.8 Å². The van der Waals surface area contributed by atoms with Crippen LogP contribution in [0, 0.1) is 0 Å². The Morgan fingerprint density at radius 1 is 0.343 bits per heavy atom. The minimum atomic E-state index is -0.617. The molecule has 0 saturated heterocycles. The number of thioether (sulfide) groups is 1. The maximum absolute atomic E-state index is 2.64. The van der Waals surface area contributed by atoms with Crippen molar-refractivity contribution in [3.05, 3.63) is 419 Å². The lowest BCUT2D eigenvalue weighted by Gasteiger charge is -2.42. The minimum Gasteiger partial charge on any atom is -0.337 e. The first-order chi connectivity index (χ1) is 53.5. The van der Waals surface area contributed by atoms with Crippen LogP contribution in [0.2, 0.25) is 0 Å². The molecule has 0 amide bonds. The molecule has 4 heterocycles. The number of benzene rings is 17. The standard InChI is InChI=1S/C104H68N2S2/c1-2-74-84-57-56-79-77(33-20-34-83(79)99(84)105(72-51-47-68(48-52-72)76-32-19-26-66-23-5-7-27-75(66)76)61-21-40-93-101(74)107-96-41-17-15-38-91(96)103(93)87-35-12-9-29-80(87)81-30-10-13-36-88(81)103)71-50-58-90-86(63-71)82-31-11-14-37-89(82)104(90)92-39-16-18-42-97(92)108-102-94(104)59-60-95-98(102)85-55-49-67-24-6-8-28-78(67)100(85)106(95)73-53-45-65(46-54-73)70-44-43-64-22-3-4-25-69(64)62-70/h3-60,62-63,74H,2,61H2,1H3/b40-21-. The summed E-state index contributed by atoms with van der Waals surface area (Å²) in [6, 6.07) is 134. The smallest absolute Gasteiger partial charge is 0.0735 e. The third-order valence-corrected chi connectivity index (χ3v) is 27.2. The van der Waals surface area contributed by atoms with Crippen LogP contribution < -0.4 is 4.90 Å². The number of fused-ring (bicyclic) bond motifs is 28. The monoisotopic (exact) mass is 1410 g/mol. The molecule has 0 radical (unpaired) electrons. The number of hydrogen-bond acceptors (Lipinski definition) is 3. The molecule has 1 aromatic heterocycles. The first kappa shape index (κ1) is 61.8. The third kappa shape index (κ3) is 8.64. The van der Waals surface area contributed by atoms with Gasteiger partial charge in [-0.3, -0.25) is 0 Å². The molecule has 5 aliphatic rings. The second-order valence-corrected chi connectivity index (χ2v) is 31.9. The molecule has 0 saturated carbocycles. The van der Waals surface area contributed by atoms with Gasteiger partial charge in [-0.05, 0) is 199 Å². The van der Waals surface area contributed by atoms with Crippen molar-refractivity contribution in [1.29, 1.82) is 0 Å². The van der Waals surface area contributed by atoms with Crippen LogP contribution in [0.1, 0.15) is 63.8 Å². The first-order valence-electron chi connectivity index (χ1n) is 37.9. The molecule has 2 aliphatic carbocycles. The van der Waals surface area contributed by atoms with Crippen LogP contribution in [0.5, 0.6) is 0 Å². The topological polar surface area (TPSA) is 8.17 Å². The summed E-state index contributed by atoms with van der Waals surface area (Å²) < 4.78 is 2.55. The van der Waals surface area contributed by atoms with Gasteiger partial charge in [-0.15, -0.1) is 0 Å².